The first-order valence-electron chi connectivity index (χ1n) is 5.78. The smallest absolute Gasteiger partial charge is 0.354 e. The minimum Gasteiger partial charge on any atom is -0.477 e. The van der Waals surface area contributed by atoms with Crippen molar-refractivity contribution < 1.29 is 14.7 Å². The number of fused-ring (bicyclic) bond motifs is 1. The number of nitrogens with two attached hydrogens (primary N) is 1. The standard InChI is InChI=1S/C9H6N2O2.C4H10N2O/c12-9(13)7-4-3-6-2-1-5-10-8(6)11-7;1-6(2)3-4(5)7/h1-5H,(H,12,13);3H2,1-2H3,(H2,5,7). The maximum Gasteiger partial charge on any atom is 0.354 e. The summed E-state index contributed by atoms with van der Waals surface area (Å²) >= 11 is 0. The molecule has 0 aromatic carbocycles. The molecule has 7 heteroatoms. The van der Waals surface area contributed by atoms with Crippen molar-refractivity contribution >= 4 is 22.9 Å². The van der Waals surface area contributed by atoms with Gasteiger partial charge in [-0.25, -0.2) is 14.8 Å². The number of nitrogens with zero attached hydrogens (tertiary/aromatic N) is 3. The number of rotatable bonds is 3. The Kier molecular flexibility index (Phi) is 5.55. The summed E-state index contributed by atoms with van der Waals surface area (Å²) in [4.78, 5) is 30.1. The van der Waals surface area contributed by atoms with Gasteiger partial charge in [-0.05, 0) is 38.4 Å². The van der Waals surface area contributed by atoms with E-state index < -0.39 is 5.97 Å². The molecule has 0 fully saturated rings. The van der Waals surface area contributed by atoms with Crippen LogP contribution in [-0.2, 0) is 4.79 Å². The zero-order valence-corrected chi connectivity index (χ0v) is 11.3. The Morgan fingerprint density at radius 3 is 2.50 bits per heavy atom. The predicted octanol–water partition coefficient (Wildman–Crippen LogP) is 0.361. The van der Waals surface area contributed by atoms with Crippen LogP contribution in [0.4, 0.5) is 0 Å². The minimum absolute atomic E-state index is 0.0196. The summed E-state index contributed by atoms with van der Waals surface area (Å²) in [7, 11) is 3.59. The molecule has 0 saturated heterocycles. The van der Waals surface area contributed by atoms with Gasteiger partial charge in [-0.3, -0.25) is 4.79 Å². The number of carbonyl (C=O) groups is 2. The van der Waals surface area contributed by atoms with Gasteiger partial charge in [0.05, 0.1) is 6.54 Å². The lowest BCUT2D eigenvalue weighted by molar-refractivity contribution is -0.118. The van der Waals surface area contributed by atoms with Crippen LogP contribution in [-0.4, -0.2) is 52.5 Å². The normalized spacial score (nSPS) is 9.95. The maximum absolute atomic E-state index is 10.6. The number of hydrogen-bond donors (Lipinski definition) is 2. The van der Waals surface area contributed by atoms with Crippen molar-refractivity contribution in [2.45, 2.75) is 0 Å². The lowest BCUT2D eigenvalue weighted by atomic mass is 10.2. The molecule has 0 radical (unpaired) electrons. The van der Waals surface area contributed by atoms with Gasteiger partial charge in [0.25, 0.3) is 0 Å². The molecule has 2 aromatic rings. The van der Waals surface area contributed by atoms with Gasteiger partial charge in [0, 0.05) is 11.6 Å². The van der Waals surface area contributed by atoms with E-state index in [0.717, 1.165) is 5.39 Å². The number of likely N-dealkylation sites (N-methyl/N-ethyl adjacent to an activating group) is 1. The van der Waals surface area contributed by atoms with Crippen molar-refractivity contribution in [1.29, 1.82) is 0 Å². The topological polar surface area (TPSA) is 109 Å². The van der Waals surface area contributed by atoms with Crippen molar-refractivity contribution in [3.05, 3.63) is 36.2 Å². The van der Waals surface area contributed by atoms with Crippen LogP contribution in [0.3, 0.4) is 0 Å². The monoisotopic (exact) mass is 276 g/mol. The Hall–Kier alpha value is -2.54. The Bertz CT molecular complexity index is 613. The Labute approximate surface area is 116 Å². The largest absolute Gasteiger partial charge is 0.477 e. The average molecular weight is 276 g/mol. The second kappa shape index (κ2) is 7.15. The van der Waals surface area contributed by atoms with Crippen LogP contribution >= 0.6 is 0 Å². The molecule has 2 rings (SSSR count). The molecule has 20 heavy (non-hydrogen) atoms. The summed E-state index contributed by atoms with van der Waals surface area (Å²) in [5.74, 6) is -1.32. The average Bonchev–Trinajstić information content (AvgIpc) is 2.37. The molecule has 1 amide bonds. The van der Waals surface area contributed by atoms with Gasteiger partial charge in [0.1, 0.15) is 0 Å². The first-order valence-corrected chi connectivity index (χ1v) is 5.78. The molecule has 0 unspecified atom stereocenters. The van der Waals surface area contributed by atoms with Gasteiger partial charge in [0.2, 0.25) is 5.91 Å². The SMILES string of the molecule is CN(C)CC(N)=O.O=C(O)c1ccc2cccnc2n1. The summed E-state index contributed by atoms with van der Waals surface area (Å²) in [6.07, 6.45) is 1.58. The van der Waals surface area contributed by atoms with Crippen LogP contribution in [0.1, 0.15) is 10.5 Å². The van der Waals surface area contributed by atoms with Gasteiger partial charge in [-0.2, -0.15) is 0 Å². The predicted molar refractivity (Wildman–Crippen MR) is 74.2 cm³/mol. The van der Waals surface area contributed by atoms with Gasteiger partial charge in [-0.1, -0.05) is 0 Å². The Morgan fingerprint density at radius 2 is 2.00 bits per heavy atom. The van der Waals surface area contributed by atoms with E-state index in [4.69, 9.17) is 10.8 Å². The number of carboxylic acids is 1. The number of pyridine rings is 2. The highest BCUT2D eigenvalue weighted by molar-refractivity contribution is 5.88. The number of aromatic nitrogens is 2. The molecule has 7 nitrogen and oxygen atoms in total. The molecule has 2 heterocycles. The van der Waals surface area contributed by atoms with E-state index in [2.05, 4.69) is 9.97 Å². The Balaban J connectivity index is 0.000000246. The zero-order valence-electron chi connectivity index (χ0n) is 11.3. The number of hydrogen-bond acceptors (Lipinski definition) is 5. The van der Waals surface area contributed by atoms with E-state index in [-0.39, 0.29) is 11.6 Å². The highest BCUT2D eigenvalue weighted by atomic mass is 16.4. The summed E-state index contributed by atoms with van der Waals surface area (Å²) in [5, 5.41) is 9.49. The molecule has 0 atom stereocenters. The van der Waals surface area contributed by atoms with Crippen LogP contribution < -0.4 is 5.73 Å². The fourth-order valence-corrected chi connectivity index (χ4v) is 1.38. The molecule has 106 valence electrons. The molecule has 0 aliphatic heterocycles. The van der Waals surface area contributed by atoms with Gasteiger partial charge in [0.15, 0.2) is 11.3 Å². The third kappa shape index (κ3) is 4.99. The van der Waals surface area contributed by atoms with Crippen molar-refractivity contribution in [3.8, 4) is 0 Å². The second-order valence-corrected chi connectivity index (χ2v) is 4.26. The van der Waals surface area contributed by atoms with E-state index in [1.54, 1.807) is 37.3 Å². The van der Waals surface area contributed by atoms with Crippen molar-refractivity contribution in [2.24, 2.45) is 5.73 Å². The van der Waals surface area contributed by atoms with Crippen molar-refractivity contribution in [2.75, 3.05) is 20.6 Å². The minimum atomic E-state index is -1.03. The molecular weight excluding hydrogens is 260 g/mol. The van der Waals surface area contributed by atoms with Gasteiger partial charge in [-0.15, -0.1) is 0 Å². The van der Waals surface area contributed by atoms with Crippen LogP contribution in [0, 0.1) is 0 Å². The van der Waals surface area contributed by atoms with Gasteiger partial charge < -0.3 is 15.7 Å². The zero-order chi connectivity index (χ0) is 15.1. The van der Waals surface area contributed by atoms with E-state index in [0.29, 0.717) is 12.2 Å². The van der Waals surface area contributed by atoms with Crippen LogP contribution in [0.15, 0.2) is 30.5 Å². The molecule has 3 N–H and O–H groups in total. The van der Waals surface area contributed by atoms with E-state index >= 15 is 0 Å². The third-order valence-electron chi connectivity index (χ3n) is 2.16. The summed E-state index contributed by atoms with van der Waals surface area (Å²) in [5.41, 5.74) is 5.29. The van der Waals surface area contributed by atoms with E-state index in [1.165, 1.54) is 6.07 Å². The molecular formula is C13H16N4O3. The second-order valence-electron chi connectivity index (χ2n) is 4.26. The number of carboxylic acid groups (broad SMARTS) is 1. The van der Waals surface area contributed by atoms with Crippen molar-refractivity contribution in [3.63, 3.8) is 0 Å². The summed E-state index contributed by atoms with van der Waals surface area (Å²) in [6, 6.07) is 6.77. The number of carbonyl (C=O) groups excluding carboxylic acids is 1. The van der Waals surface area contributed by atoms with Crippen LogP contribution in [0.25, 0.3) is 11.0 Å². The quantitative estimate of drug-likeness (QED) is 0.837. The van der Waals surface area contributed by atoms with Crippen molar-refractivity contribution in [1.82, 2.24) is 14.9 Å². The van der Waals surface area contributed by atoms with E-state index in [1.807, 2.05) is 6.07 Å². The summed E-state index contributed by atoms with van der Waals surface area (Å²) < 4.78 is 0. The molecule has 0 bridgehead atoms. The highest BCUT2D eigenvalue weighted by Gasteiger charge is 2.04. The first kappa shape index (κ1) is 15.5. The number of aromatic carboxylic acids is 1. The number of amides is 1. The molecule has 0 aliphatic rings. The van der Waals surface area contributed by atoms with Crippen LogP contribution in [0.2, 0.25) is 0 Å². The highest BCUT2D eigenvalue weighted by Crippen LogP contribution is 2.08. The first-order chi connectivity index (χ1) is 9.40. The van der Waals surface area contributed by atoms with Crippen LogP contribution in [0.5, 0.6) is 0 Å². The van der Waals surface area contributed by atoms with Gasteiger partial charge >= 0.3 is 5.97 Å². The fraction of sp³-hybridized carbons (Fsp3) is 0.231. The molecule has 0 aliphatic carbocycles. The lowest BCUT2D eigenvalue weighted by Crippen LogP contribution is -2.27. The molecule has 2 aromatic heterocycles. The lowest BCUT2D eigenvalue weighted by Gasteiger charge is -2.02. The third-order valence-corrected chi connectivity index (χ3v) is 2.16. The number of primary amides is 1. The fourth-order valence-electron chi connectivity index (χ4n) is 1.38. The molecule has 0 saturated carbocycles. The van der Waals surface area contributed by atoms with E-state index in [9.17, 15) is 9.59 Å². The molecule has 0 spiro atoms. The summed E-state index contributed by atoms with van der Waals surface area (Å²) in [6.45, 7) is 0.333. The maximum atomic E-state index is 10.6. The Morgan fingerprint density at radius 1 is 1.30 bits per heavy atom.